The molecule has 4 rings (SSSR count). The number of anilines is 1. The number of hydrogen-bond donors (Lipinski definition) is 3. The molecule has 0 aliphatic rings. The molecular weight excluding hydrogens is 344 g/mol. The Morgan fingerprint density at radius 3 is 2.15 bits per heavy atom. The third-order valence-electron chi connectivity index (χ3n) is 4.50. The number of benzene rings is 4. The van der Waals surface area contributed by atoms with E-state index < -0.39 is 18.8 Å². The van der Waals surface area contributed by atoms with Crippen molar-refractivity contribution in [3.05, 3.63) is 84.2 Å². The summed E-state index contributed by atoms with van der Waals surface area (Å²) in [5.74, 6) is -1.42. The molecule has 0 fully saturated rings. The molecule has 0 heterocycles. The molecule has 3 N–H and O–H groups in total. The van der Waals surface area contributed by atoms with Crippen molar-refractivity contribution in [1.29, 1.82) is 0 Å². The van der Waals surface area contributed by atoms with Gasteiger partial charge < -0.3 is 15.4 Å². The summed E-state index contributed by atoms with van der Waals surface area (Å²) in [5, 5.41) is 25.1. The van der Waals surface area contributed by atoms with E-state index in [0.29, 0.717) is 5.69 Å². The van der Waals surface area contributed by atoms with Crippen LogP contribution in [0.5, 0.6) is 0 Å². The van der Waals surface area contributed by atoms with Crippen LogP contribution in [-0.2, 0) is 0 Å². The van der Waals surface area contributed by atoms with Gasteiger partial charge in [0.1, 0.15) is 5.82 Å². The van der Waals surface area contributed by atoms with Gasteiger partial charge in [-0.2, -0.15) is 0 Å². The predicted molar refractivity (Wildman–Crippen MR) is 106 cm³/mol. The van der Waals surface area contributed by atoms with Crippen LogP contribution in [0.25, 0.3) is 21.5 Å². The Morgan fingerprint density at radius 2 is 1.48 bits per heavy atom. The Bertz CT molecular complexity index is 1180. The molecule has 0 radical (unpaired) electrons. The predicted octanol–water partition coefficient (Wildman–Crippen LogP) is 3.06. The van der Waals surface area contributed by atoms with E-state index in [2.05, 4.69) is 11.4 Å². The zero-order chi connectivity index (χ0) is 19.0. The van der Waals surface area contributed by atoms with Gasteiger partial charge in [-0.25, -0.2) is 4.39 Å². The van der Waals surface area contributed by atoms with Gasteiger partial charge in [0.2, 0.25) is 0 Å². The average Bonchev–Trinajstić information content (AvgIpc) is 2.66. The van der Waals surface area contributed by atoms with Crippen LogP contribution in [-0.4, -0.2) is 23.1 Å². The summed E-state index contributed by atoms with van der Waals surface area (Å²) in [4.78, 5) is 12.4. The van der Waals surface area contributed by atoms with Crippen molar-refractivity contribution in [2.75, 3.05) is 5.32 Å². The summed E-state index contributed by atoms with van der Waals surface area (Å²) >= 11 is 0. The van der Waals surface area contributed by atoms with Gasteiger partial charge in [0.05, 0.1) is 5.56 Å². The Hall–Kier alpha value is -3.22. The van der Waals surface area contributed by atoms with Crippen molar-refractivity contribution in [3.8, 4) is 0 Å². The fourth-order valence-corrected chi connectivity index (χ4v) is 3.09. The van der Waals surface area contributed by atoms with Crippen LogP contribution in [0.2, 0.25) is 0 Å². The maximum Gasteiger partial charge on any atom is 0.488 e. The van der Waals surface area contributed by atoms with Gasteiger partial charge in [0, 0.05) is 5.69 Å². The number of rotatable bonds is 3. The molecule has 0 atom stereocenters. The minimum Gasteiger partial charge on any atom is -0.423 e. The van der Waals surface area contributed by atoms with Crippen LogP contribution in [0.3, 0.4) is 0 Å². The first-order valence-corrected chi connectivity index (χ1v) is 8.41. The summed E-state index contributed by atoms with van der Waals surface area (Å²) in [6.07, 6.45) is 0. The van der Waals surface area contributed by atoms with Gasteiger partial charge in [0.25, 0.3) is 5.91 Å². The summed E-state index contributed by atoms with van der Waals surface area (Å²) in [6, 6.07) is 21.1. The van der Waals surface area contributed by atoms with Crippen molar-refractivity contribution in [2.24, 2.45) is 0 Å². The highest BCUT2D eigenvalue weighted by Gasteiger charge is 2.17. The lowest BCUT2D eigenvalue weighted by molar-refractivity contribution is 0.102. The maximum absolute atomic E-state index is 14.1. The average molecular weight is 359 g/mol. The lowest BCUT2D eigenvalue weighted by Crippen LogP contribution is -2.30. The van der Waals surface area contributed by atoms with E-state index in [1.807, 2.05) is 42.5 Å². The van der Waals surface area contributed by atoms with Gasteiger partial charge in [-0.1, -0.05) is 36.4 Å². The second-order valence-corrected chi connectivity index (χ2v) is 6.33. The SMILES string of the molecule is O=C(Nc1ccc2cc3ccccc3cc2c1)c1ccc(B(O)O)cc1F. The Morgan fingerprint density at radius 1 is 0.815 bits per heavy atom. The second kappa shape index (κ2) is 6.83. The molecule has 0 aliphatic heterocycles. The van der Waals surface area contributed by atoms with Crippen molar-refractivity contribution >= 4 is 45.7 Å². The van der Waals surface area contributed by atoms with E-state index in [9.17, 15) is 9.18 Å². The Labute approximate surface area is 155 Å². The van der Waals surface area contributed by atoms with E-state index in [4.69, 9.17) is 10.0 Å². The zero-order valence-corrected chi connectivity index (χ0v) is 14.2. The molecule has 4 nitrogen and oxygen atoms in total. The van der Waals surface area contributed by atoms with E-state index in [-0.39, 0.29) is 11.0 Å². The Balaban J connectivity index is 1.64. The summed E-state index contributed by atoms with van der Waals surface area (Å²) in [5.41, 5.74) is 0.369. The van der Waals surface area contributed by atoms with Crippen LogP contribution in [0.1, 0.15) is 10.4 Å². The molecular formula is C21H15BFNO3. The summed E-state index contributed by atoms with van der Waals surface area (Å²) in [7, 11) is -1.79. The molecule has 4 aromatic rings. The summed E-state index contributed by atoms with van der Waals surface area (Å²) < 4.78 is 14.1. The molecule has 6 heteroatoms. The molecule has 0 saturated heterocycles. The minimum absolute atomic E-state index is 0.0124. The van der Waals surface area contributed by atoms with Crippen molar-refractivity contribution in [2.45, 2.75) is 0 Å². The van der Waals surface area contributed by atoms with Crippen molar-refractivity contribution in [3.63, 3.8) is 0 Å². The van der Waals surface area contributed by atoms with E-state index >= 15 is 0 Å². The van der Waals surface area contributed by atoms with Gasteiger partial charge in [-0.15, -0.1) is 0 Å². The number of halogens is 1. The first-order valence-electron chi connectivity index (χ1n) is 8.41. The monoisotopic (exact) mass is 359 g/mol. The van der Waals surface area contributed by atoms with Crippen molar-refractivity contribution < 1.29 is 19.2 Å². The first kappa shape index (κ1) is 17.2. The fourth-order valence-electron chi connectivity index (χ4n) is 3.09. The van der Waals surface area contributed by atoms with Crippen LogP contribution in [0.15, 0.2) is 72.8 Å². The molecule has 0 aliphatic carbocycles. The molecule has 0 unspecified atom stereocenters. The molecule has 4 aromatic carbocycles. The minimum atomic E-state index is -1.79. The second-order valence-electron chi connectivity index (χ2n) is 6.33. The summed E-state index contributed by atoms with van der Waals surface area (Å²) in [6.45, 7) is 0. The van der Waals surface area contributed by atoms with Crippen LogP contribution >= 0.6 is 0 Å². The quantitative estimate of drug-likeness (QED) is 0.389. The Kier molecular flexibility index (Phi) is 4.35. The number of hydrogen-bond acceptors (Lipinski definition) is 3. The highest BCUT2D eigenvalue weighted by atomic mass is 19.1. The number of fused-ring (bicyclic) bond motifs is 2. The number of carbonyl (C=O) groups is 1. The normalized spacial score (nSPS) is 10.9. The third kappa shape index (κ3) is 3.40. The highest BCUT2D eigenvalue weighted by molar-refractivity contribution is 6.58. The fraction of sp³-hybridized carbons (Fsp3) is 0. The maximum atomic E-state index is 14.1. The smallest absolute Gasteiger partial charge is 0.423 e. The first-order chi connectivity index (χ1) is 13.0. The van der Waals surface area contributed by atoms with Gasteiger partial charge >= 0.3 is 7.12 Å². The zero-order valence-electron chi connectivity index (χ0n) is 14.2. The van der Waals surface area contributed by atoms with E-state index in [1.54, 1.807) is 6.07 Å². The molecule has 0 saturated carbocycles. The third-order valence-corrected chi connectivity index (χ3v) is 4.50. The van der Waals surface area contributed by atoms with Crippen molar-refractivity contribution in [1.82, 2.24) is 0 Å². The van der Waals surface area contributed by atoms with Gasteiger partial charge in [-0.3, -0.25) is 4.79 Å². The largest absolute Gasteiger partial charge is 0.488 e. The molecule has 0 bridgehead atoms. The number of nitrogens with one attached hydrogen (secondary N) is 1. The lowest BCUT2D eigenvalue weighted by Gasteiger charge is -2.09. The lowest BCUT2D eigenvalue weighted by atomic mass is 9.80. The molecule has 1 amide bonds. The molecule has 0 spiro atoms. The standard InChI is InChI=1S/C21H15BFNO3/c23-20-12-17(22(26)27)6-8-19(20)21(25)24-18-7-5-15-9-13-3-1-2-4-14(13)10-16(15)11-18/h1-12,26-27H,(H,24,25). The highest BCUT2D eigenvalue weighted by Crippen LogP contribution is 2.25. The van der Waals surface area contributed by atoms with Gasteiger partial charge in [-0.05, 0) is 63.4 Å². The number of carbonyl (C=O) groups excluding carboxylic acids is 1. The van der Waals surface area contributed by atoms with Gasteiger partial charge in [0.15, 0.2) is 0 Å². The van der Waals surface area contributed by atoms with Crippen LogP contribution in [0.4, 0.5) is 10.1 Å². The topological polar surface area (TPSA) is 69.6 Å². The van der Waals surface area contributed by atoms with E-state index in [1.165, 1.54) is 12.1 Å². The molecule has 27 heavy (non-hydrogen) atoms. The molecule has 0 aromatic heterocycles. The number of amides is 1. The van der Waals surface area contributed by atoms with Crippen LogP contribution in [0, 0.1) is 5.82 Å². The van der Waals surface area contributed by atoms with E-state index in [0.717, 1.165) is 27.6 Å². The molecule has 132 valence electrons. The van der Waals surface area contributed by atoms with Crippen LogP contribution < -0.4 is 10.8 Å².